The van der Waals surface area contributed by atoms with Gasteiger partial charge in [-0.15, -0.1) is 0 Å². The summed E-state index contributed by atoms with van der Waals surface area (Å²) in [7, 11) is 0. The highest BCUT2D eigenvalue weighted by molar-refractivity contribution is 5.56. The molecule has 0 spiro atoms. The van der Waals surface area contributed by atoms with Crippen molar-refractivity contribution in [3.63, 3.8) is 0 Å². The molecule has 0 heterocycles. The van der Waals surface area contributed by atoms with E-state index in [0.717, 1.165) is 11.3 Å². The highest BCUT2D eigenvalue weighted by Crippen LogP contribution is 2.30. The summed E-state index contributed by atoms with van der Waals surface area (Å²) in [6.45, 7) is 15.5. The fraction of sp³-hybridized carbons (Fsp3) is 0.417. The summed E-state index contributed by atoms with van der Waals surface area (Å²) in [5, 5.41) is 0. The Kier molecular flexibility index (Phi) is 2.43. The largest absolute Gasteiger partial charge is 0.238 e. The van der Waals surface area contributed by atoms with Crippen LogP contribution in [0.15, 0.2) is 18.2 Å². The molecule has 68 valence electrons. The topological polar surface area (TPSA) is 4.36 Å². The van der Waals surface area contributed by atoms with E-state index in [1.807, 2.05) is 19.1 Å². The Morgan fingerprint density at radius 1 is 1.23 bits per heavy atom. The van der Waals surface area contributed by atoms with Crippen molar-refractivity contribution in [2.75, 3.05) is 0 Å². The van der Waals surface area contributed by atoms with Crippen molar-refractivity contribution in [2.45, 2.75) is 33.1 Å². The Bertz CT molecular complexity index is 350. The molecule has 0 amide bonds. The molecular formula is C12H15N. The highest BCUT2D eigenvalue weighted by Gasteiger charge is 2.16. The lowest BCUT2D eigenvalue weighted by atomic mass is 9.84. The maximum Gasteiger partial charge on any atom is 0.190 e. The van der Waals surface area contributed by atoms with Crippen molar-refractivity contribution in [1.82, 2.24) is 0 Å². The van der Waals surface area contributed by atoms with Crippen LogP contribution in [0.4, 0.5) is 5.69 Å². The minimum atomic E-state index is 0.130. The first-order chi connectivity index (χ1) is 5.96. The normalized spacial score (nSPS) is 11.0. The lowest BCUT2D eigenvalue weighted by Gasteiger charge is -2.22. The van der Waals surface area contributed by atoms with Crippen LogP contribution >= 0.6 is 0 Å². The van der Waals surface area contributed by atoms with Crippen LogP contribution in [0.1, 0.15) is 31.9 Å². The molecular weight excluding hydrogens is 158 g/mol. The fourth-order valence-corrected chi connectivity index (χ4v) is 1.56. The van der Waals surface area contributed by atoms with Crippen LogP contribution in [0.3, 0.4) is 0 Å². The zero-order valence-electron chi connectivity index (χ0n) is 8.68. The Hall–Kier alpha value is -1.29. The minimum Gasteiger partial charge on any atom is -0.238 e. The van der Waals surface area contributed by atoms with Gasteiger partial charge in [-0.2, -0.15) is 0 Å². The number of hydrogen-bond acceptors (Lipinski definition) is 0. The molecule has 0 saturated heterocycles. The van der Waals surface area contributed by atoms with E-state index in [9.17, 15) is 0 Å². The maximum atomic E-state index is 7.01. The molecule has 1 aromatic rings. The van der Waals surface area contributed by atoms with Gasteiger partial charge in [0, 0.05) is 0 Å². The molecule has 0 unspecified atom stereocenters. The molecule has 1 rings (SSSR count). The molecule has 0 aliphatic rings. The molecule has 1 aromatic carbocycles. The zero-order valence-corrected chi connectivity index (χ0v) is 8.68. The fourth-order valence-electron chi connectivity index (χ4n) is 1.56. The Labute approximate surface area is 80.2 Å². The van der Waals surface area contributed by atoms with Gasteiger partial charge in [0.1, 0.15) is 0 Å². The third kappa shape index (κ3) is 1.89. The van der Waals surface area contributed by atoms with Gasteiger partial charge in [-0.25, -0.2) is 4.85 Å². The SMILES string of the molecule is [C-]#[N+]c1cccc(C(C)(C)C)c1C. The molecule has 0 saturated carbocycles. The van der Waals surface area contributed by atoms with E-state index >= 15 is 0 Å². The second kappa shape index (κ2) is 3.22. The minimum absolute atomic E-state index is 0.130. The van der Waals surface area contributed by atoms with Crippen LogP contribution in [0.25, 0.3) is 4.85 Å². The predicted molar refractivity (Wildman–Crippen MR) is 56.1 cm³/mol. The van der Waals surface area contributed by atoms with Crippen LogP contribution in [-0.4, -0.2) is 0 Å². The molecule has 0 N–H and O–H groups in total. The summed E-state index contributed by atoms with van der Waals surface area (Å²) in [4.78, 5) is 3.49. The highest BCUT2D eigenvalue weighted by atomic mass is 14.6. The standard InChI is InChI=1S/C12H15N/c1-9-10(12(2,3)4)7-6-8-11(9)13-5/h6-8H,1-4H3. The monoisotopic (exact) mass is 173 g/mol. The molecule has 13 heavy (non-hydrogen) atoms. The van der Waals surface area contributed by atoms with Gasteiger partial charge < -0.3 is 0 Å². The van der Waals surface area contributed by atoms with E-state index in [4.69, 9.17) is 6.57 Å². The second-order valence-electron chi connectivity index (χ2n) is 4.31. The van der Waals surface area contributed by atoms with Crippen molar-refractivity contribution in [3.8, 4) is 0 Å². The quantitative estimate of drug-likeness (QED) is 0.525. The van der Waals surface area contributed by atoms with Crippen molar-refractivity contribution < 1.29 is 0 Å². The first-order valence-electron chi connectivity index (χ1n) is 4.44. The summed E-state index contributed by atoms with van der Waals surface area (Å²) in [6.07, 6.45) is 0. The summed E-state index contributed by atoms with van der Waals surface area (Å²) in [5.41, 5.74) is 3.28. The summed E-state index contributed by atoms with van der Waals surface area (Å²) < 4.78 is 0. The van der Waals surface area contributed by atoms with Crippen LogP contribution in [0.5, 0.6) is 0 Å². The molecule has 0 atom stereocenters. The van der Waals surface area contributed by atoms with E-state index in [-0.39, 0.29) is 5.41 Å². The van der Waals surface area contributed by atoms with Gasteiger partial charge in [0.25, 0.3) is 0 Å². The van der Waals surface area contributed by atoms with Crippen LogP contribution < -0.4 is 0 Å². The van der Waals surface area contributed by atoms with Crippen molar-refractivity contribution in [3.05, 3.63) is 40.7 Å². The summed E-state index contributed by atoms with van der Waals surface area (Å²) in [6, 6.07) is 5.93. The first-order valence-corrected chi connectivity index (χ1v) is 4.44. The molecule has 0 aliphatic heterocycles. The van der Waals surface area contributed by atoms with Crippen LogP contribution in [0.2, 0.25) is 0 Å². The number of benzene rings is 1. The average molecular weight is 173 g/mol. The molecule has 0 radical (unpaired) electrons. The lowest BCUT2D eigenvalue weighted by molar-refractivity contribution is 0.586. The van der Waals surface area contributed by atoms with E-state index in [1.54, 1.807) is 0 Å². The van der Waals surface area contributed by atoms with Crippen molar-refractivity contribution in [2.24, 2.45) is 0 Å². The van der Waals surface area contributed by atoms with Crippen molar-refractivity contribution in [1.29, 1.82) is 0 Å². The smallest absolute Gasteiger partial charge is 0.190 e. The second-order valence-corrected chi connectivity index (χ2v) is 4.31. The van der Waals surface area contributed by atoms with Gasteiger partial charge >= 0.3 is 0 Å². The molecule has 0 fully saturated rings. The Morgan fingerprint density at radius 2 is 1.85 bits per heavy atom. The molecule has 0 aliphatic carbocycles. The van der Waals surface area contributed by atoms with E-state index in [2.05, 4.69) is 31.7 Å². The van der Waals surface area contributed by atoms with Gasteiger partial charge in [-0.1, -0.05) is 44.5 Å². The average Bonchev–Trinajstić information content (AvgIpc) is 2.02. The number of rotatable bonds is 0. The van der Waals surface area contributed by atoms with E-state index < -0.39 is 0 Å². The van der Waals surface area contributed by atoms with Gasteiger partial charge in [0.15, 0.2) is 5.69 Å². The molecule has 0 bridgehead atoms. The van der Waals surface area contributed by atoms with Gasteiger partial charge in [0.05, 0.1) is 6.57 Å². The lowest BCUT2D eigenvalue weighted by Crippen LogP contribution is -2.12. The van der Waals surface area contributed by atoms with Gasteiger partial charge in [-0.05, 0) is 17.9 Å². The van der Waals surface area contributed by atoms with Gasteiger partial charge in [-0.3, -0.25) is 0 Å². The number of hydrogen-bond donors (Lipinski definition) is 0. The van der Waals surface area contributed by atoms with Crippen LogP contribution in [0, 0.1) is 13.5 Å². The number of nitrogens with zero attached hydrogens (tertiary/aromatic N) is 1. The summed E-state index contributed by atoms with van der Waals surface area (Å²) >= 11 is 0. The third-order valence-corrected chi connectivity index (χ3v) is 2.23. The Morgan fingerprint density at radius 3 is 2.31 bits per heavy atom. The van der Waals surface area contributed by atoms with Gasteiger partial charge in [0.2, 0.25) is 0 Å². The third-order valence-electron chi connectivity index (χ3n) is 2.23. The van der Waals surface area contributed by atoms with Crippen LogP contribution in [-0.2, 0) is 5.41 Å². The molecule has 0 aromatic heterocycles. The summed E-state index contributed by atoms with van der Waals surface area (Å²) in [5.74, 6) is 0. The first kappa shape index (κ1) is 9.80. The maximum absolute atomic E-state index is 7.01. The Balaban J connectivity index is 3.34. The molecule has 1 nitrogen and oxygen atoms in total. The molecule has 1 heteroatoms. The van der Waals surface area contributed by atoms with E-state index in [0.29, 0.717) is 0 Å². The van der Waals surface area contributed by atoms with Crippen molar-refractivity contribution >= 4 is 5.69 Å². The van der Waals surface area contributed by atoms with E-state index in [1.165, 1.54) is 5.56 Å². The zero-order chi connectivity index (χ0) is 10.1. The predicted octanol–water partition coefficient (Wildman–Crippen LogP) is 3.84.